The molecular weight excluding hydrogens is 238 g/mol. The van der Waals surface area contributed by atoms with Gasteiger partial charge in [-0.2, -0.15) is 0 Å². The molecule has 100 valence electrons. The second kappa shape index (κ2) is 6.81. The number of phenolic OH excluding ortho intramolecular Hbond substituents is 1. The molecule has 0 spiro atoms. The lowest BCUT2D eigenvalue weighted by molar-refractivity contribution is 0.313. The van der Waals surface area contributed by atoms with Gasteiger partial charge in [0.2, 0.25) is 0 Å². The van der Waals surface area contributed by atoms with E-state index in [1.165, 1.54) is 5.56 Å². The van der Waals surface area contributed by atoms with E-state index in [1.54, 1.807) is 12.1 Å². The highest BCUT2D eigenvalue weighted by molar-refractivity contribution is 5.27. The number of aryl methyl sites for hydroxylation is 1. The van der Waals surface area contributed by atoms with E-state index in [0.717, 1.165) is 24.4 Å². The van der Waals surface area contributed by atoms with Gasteiger partial charge in [-0.05, 0) is 36.8 Å². The topological polar surface area (TPSA) is 41.5 Å². The molecule has 2 aromatic carbocycles. The number of ether oxygens (including phenoxy) is 1. The van der Waals surface area contributed by atoms with Crippen molar-refractivity contribution in [2.45, 2.75) is 13.5 Å². The number of aromatic hydroxyl groups is 1. The van der Waals surface area contributed by atoms with Gasteiger partial charge in [0.1, 0.15) is 18.1 Å². The number of hydrogen-bond donors (Lipinski definition) is 2. The van der Waals surface area contributed by atoms with E-state index in [-0.39, 0.29) is 0 Å². The second-order valence-electron chi connectivity index (χ2n) is 4.51. The van der Waals surface area contributed by atoms with Crippen LogP contribution < -0.4 is 10.1 Å². The maximum Gasteiger partial charge on any atom is 0.119 e. The molecule has 0 unspecified atom stereocenters. The Bertz CT molecular complexity index is 508. The molecule has 3 nitrogen and oxygen atoms in total. The number of nitrogens with one attached hydrogen (secondary N) is 1. The fraction of sp³-hybridized carbons (Fsp3) is 0.250. The highest BCUT2D eigenvalue weighted by atomic mass is 16.5. The lowest BCUT2D eigenvalue weighted by Gasteiger charge is -2.08. The Morgan fingerprint density at radius 2 is 1.89 bits per heavy atom. The standard InChI is InChI=1S/C16H19NO2/c1-13-5-7-16(8-6-13)19-10-9-17-12-14-3-2-4-15(18)11-14/h2-8,11,17-18H,9-10,12H2,1H3. The molecule has 0 saturated carbocycles. The molecule has 0 atom stereocenters. The third-order valence-corrected chi connectivity index (χ3v) is 2.81. The fourth-order valence-corrected chi connectivity index (χ4v) is 1.77. The highest BCUT2D eigenvalue weighted by Gasteiger charge is 1.95. The van der Waals surface area contributed by atoms with Crippen LogP contribution in [0.25, 0.3) is 0 Å². The normalized spacial score (nSPS) is 10.4. The van der Waals surface area contributed by atoms with Gasteiger partial charge in [0.25, 0.3) is 0 Å². The van der Waals surface area contributed by atoms with Crippen molar-refractivity contribution >= 4 is 0 Å². The maximum absolute atomic E-state index is 9.33. The molecule has 0 aliphatic carbocycles. The minimum Gasteiger partial charge on any atom is -0.508 e. The first-order valence-corrected chi connectivity index (χ1v) is 6.42. The van der Waals surface area contributed by atoms with Gasteiger partial charge in [-0.25, -0.2) is 0 Å². The maximum atomic E-state index is 9.33. The predicted octanol–water partition coefficient (Wildman–Crippen LogP) is 2.87. The van der Waals surface area contributed by atoms with Crippen molar-refractivity contribution in [3.05, 3.63) is 59.7 Å². The molecule has 0 aliphatic rings. The zero-order chi connectivity index (χ0) is 13.5. The molecule has 0 amide bonds. The van der Waals surface area contributed by atoms with Crippen LogP contribution in [0.15, 0.2) is 48.5 Å². The number of rotatable bonds is 6. The molecule has 0 fully saturated rings. The predicted molar refractivity (Wildman–Crippen MR) is 76.5 cm³/mol. The van der Waals surface area contributed by atoms with E-state index in [9.17, 15) is 5.11 Å². The summed E-state index contributed by atoms with van der Waals surface area (Å²) < 4.78 is 5.61. The van der Waals surface area contributed by atoms with Crippen molar-refractivity contribution < 1.29 is 9.84 Å². The van der Waals surface area contributed by atoms with Crippen molar-refractivity contribution in [2.75, 3.05) is 13.2 Å². The minimum atomic E-state index is 0.301. The molecule has 0 heterocycles. The molecule has 0 radical (unpaired) electrons. The Hall–Kier alpha value is -2.00. The van der Waals surface area contributed by atoms with E-state index >= 15 is 0 Å². The summed E-state index contributed by atoms with van der Waals surface area (Å²) in [5.74, 6) is 1.19. The summed E-state index contributed by atoms with van der Waals surface area (Å²) in [6.45, 7) is 4.18. The van der Waals surface area contributed by atoms with E-state index in [0.29, 0.717) is 12.4 Å². The first-order chi connectivity index (χ1) is 9.24. The van der Waals surface area contributed by atoms with Crippen LogP contribution in [0.4, 0.5) is 0 Å². The van der Waals surface area contributed by atoms with Gasteiger partial charge < -0.3 is 15.2 Å². The molecule has 2 N–H and O–H groups in total. The van der Waals surface area contributed by atoms with Crippen LogP contribution in [-0.2, 0) is 6.54 Å². The first kappa shape index (κ1) is 13.4. The molecule has 3 heteroatoms. The second-order valence-corrected chi connectivity index (χ2v) is 4.51. The summed E-state index contributed by atoms with van der Waals surface area (Å²) in [4.78, 5) is 0. The Balaban J connectivity index is 1.66. The zero-order valence-corrected chi connectivity index (χ0v) is 11.1. The van der Waals surface area contributed by atoms with Crippen molar-refractivity contribution in [3.63, 3.8) is 0 Å². The van der Waals surface area contributed by atoms with Crippen molar-refractivity contribution in [3.8, 4) is 11.5 Å². The van der Waals surface area contributed by atoms with Crippen LogP contribution in [0.2, 0.25) is 0 Å². The van der Waals surface area contributed by atoms with Crippen molar-refractivity contribution in [1.82, 2.24) is 5.32 Å². The van der Waals surface area contributed by atoms with Gasteiger partial charge in [-0.3, -0.25) is 0 Å². The van der Waals surface area contributed by atoms with Crippen LogP contribution in [0.3, 0.4) is 0 Å². The van der Waals surface area contributed by atoms with Gasteiger partial charge in [0.05, 0.1) is 0 Å². The third-order valence-electron chi connectivity index (χ3n) is 2.81. The van der Waals surface area contributed by atoms with Crippen LogP contribution in [0.5, 0.6) is 11.5 Å². The molecule has 0 saturated heterocycles. The largest absolute Gasteiger partial charge is 0.508 e. The van der Waals surface area contributed by atoms with Gasteiger partial charge in [0.15, 0.2) is 0 Å². The molecule has 0 aliphatic heterocycles. The number of benzene rings is 2. The molecule has 2 rings (SSSR count). The average molecular weight is 257 g/mol. The average Bonchev–Trinajstić information content (AvgIpc) is 2.41. The quantitative estimate of drug-likeness (QED) is 0.782. The summed E-state index contributed by atoms with van der Waals surface area (Å²) in [5.41, 5.74) is 2.30. The number of phenols is 1. The lowest BCUT2D eigenvalue weighted by atomic mass is 10.2. The van der Waals surface area contributed by atoms with E-state index in [2.05, 4.69) is 12.2 Å². The van der Waals surface area contributed by atoms with Crippen LogP contribution in [0, 0.1) is 6.92 Å². The first-order valence-electron chi connectivity index (χ1n) is 6.42. The fourth-order valence-electron chi connectivity index (χ4n) is 1.77. The summed E-state index contributed by atoms with van der Waals surface area (Å²) >= 11 is 0. The van der Waals surface area contributed by atoms with Gasteiger partial charge in [0, 0.05) is 13.1 Å². The molecule has 2 aromatic rings. The molecular formula is C16H19NO2. The summed E-state index contributed by atoms with van der Waals surface area (Å²) in [5, 5.41) is 12.6. The van der Waals surface area contributed by atoms with Crippen LogP contribution >= 0.6 is 0 Å². The lowest BCUT2D eigenvalue weighted by Crippen LogP contribution is -2.20. The Morgan fingerprint density at radius 3 is 2.63 bits per heavy atom. The van der Waals surface area contributed by atoms with Crippen LogP contribution in [-0.4, -0.2) is 18.3 Å². The number of hydrogen-bond acceptors (Lipinski definition) is 3. The van der Waals surface area contributed by atoms with E-state index < -0.39 is 0 Å². The van der Waals surface area contributed by atoms with Crippen LogP contribution in [0.1, 0.15) is 11.1 Å². The van der Waals surface area contributed by atoms with Crippen molar-refractivity contribution in [2.24, 2.45) is 0 Å². The third kappa shape index (κ3) is 4.64. The summed E-state index contributed by atoms with van der Waals surface area (Å²) in [6, 6.07) is 15.3. The Labute approximate surface area is 113 Å². The minimum absolute atomic E-state index is 0.301. The molecule has 0 aromatic heterocycles. The zero-order valence-electron chi connectivity index (χ0n) is 11.1. The highest BCUT2D eigenvalue weighted by Crippen LogP contribution is 2.11. The summed E-state index contributed by atoms with van der Waals surface area (Å²) in [7, 11) is 0. The van der Waals surface area contributed by atoms with Gasteiger partial charge in [-0.15, -0.1) is 0 Å². The SMILES string of the molecule is Cc1ccc(OCCNCc2cccc(O)c2)cc1. The van der Waals surface area contributed by atoms with Crippen molar-refractivity contribution in [1.29, 1.82) is 0 Å². The monoisotopic (exact) mass is 257 g/mol. The van der Waals surface area contributed by atoms with E-state index in [4.69, 9.17) is 4.74 Å². The Morgan fingerprint density at radius 1 is 1.11 bits per heavy atom. The Kier molecular flexibility index (Phi) is 4.81. The molecule has 0 bridgehead atoms. The molecule has 19 heavy (non-hydrogen) atoms. The van der Waals surface area contributed by atoms with Gasteiger partial charge >= 0.3 is 0 Å². The smallest absolute Gasteiger partial charge is 0.119 e. The van der Waals surface area contributed by atoms with E-state index in [1.807, 2.05) is 36.4 Å². The summed E-state index contributed by atoms with van der Waals surface area (Å²) in [6.07, 6.45) is 0. The van der Waals surface area contributed by atoms with Gasteiger partial charge in [-0.1, -0.05) is 29.8 Å².